The van der Waals surface area contributed by atoms with Crippen LogP contribution in [-0.2, 0) is 0 Å². The van der Waals surface area contributed by atoms with Gasteiger partial charge in [0.05, 0.1) is 0 Å². The minimum absolute atomic E-state index is 0.705. The van der Waals surface area contributed by atoms with Crippen LogP contribution in [0.3, 0.4) is 0 Å². The summed E-state index contributed by atoms with van der Waals surface area (Å²) in [4.78, 5) is 0. The van der Waals surface area contributed by atoms with Gasteiger partial charge in [-0.25, -0.2) is 0 Å². The third-order valence-electron chi connectivity index (χ3n) is 1.68. The van der Waals surface area contributed by atoms with Crippen LogP contribution in [0, 0.1) is 11.5 Å². The van der Waals surface area contributed by atoms with E-state index in [1.54, 1.807) is 12.3 Å². The number of H-pyrrole nitrogens is 1. The third kappa shape index (κ3) is 1.40. The molecule has 2 rings (SSSR count). The van der Waals surface area contributed by atoms with Crippen molar-refractivity contribution in [2.45, 2.75) is 0 Å². The Morgan fingerprint density at radius 1 is 1.31 bits per heavy atom. The zero-order valence-corrected chi connectivity index (χ0v) is 6.77. The molecule has 1 N–H and O–H groups in total. The highest BCUT2D eigenvalue weighted by atomic mass is 16.5. The molecule has 2 aromatic rings. The van der Waals surface area contributed by atoms with Gasteiger partial charge < -0.3 is 4.52 Å². The van der Waals surface area contributed by atoms with Crippen molar-refractivity contribution < 1.29 is 4.52 Å². The van der Waals surface area contributed by atoms with Crippen LogP contribution in [0.4, 0.5) is 0 Å². The molecule has 4 heteroatoms. The van der Waals surface area contributed by atoms with Crippen molar-refractivity contribution >= 4 is 11.0 Å². The van der Waals surface area contributed by atoms with Gasteiger partial charge in [0.15, 0.2) is 5.58 Å². The summed E-state index contributed by atoms with van der Waals surface area (Å²) < 4.78 is 6.32. The molecule has 0 bridgehead atoms. The third-order valence-corrected chi connectivity index (χ3v) is 1.68. The van der Waals surface area contributed by atoms with Gasteiger partial charge in [0.25, 0.3) is 0 Å². The first-order valence-corrected chi connectivity index (χ1v) is 3.79. The van der Waals surface area contributed by atoms with E-state index in [1.807, 2.05) is 30.5 Å². The molecule has 4 nitrogen and oxygen atoms in total. The van der Waals surface area contributed by atoms with E-state index in [-0.39, 0.29) is 0 Å². The van der Waals surface area contributed by atoms with Gasteiger partial charge >= 0.3 is 0 Å². The van der Waals surface area contributed by atoms with E-state index < -0.39 is 0 Å². The standard InChI is InChI=1S/C9H7N3O/c10-7-12-6-5-8-3-1-2-4-9(8)13-11-12/h1-6,11H. The van der Waals surface area contributed by atoms with Crippen LogP contribution in [0.25, 0.3) is 11.0 Å². The van der Waals surface area contributed by atoms with E-state index in [4.69, 9.17) is 9.78 Å². The summed E-state index contributed by atoms with van der Waals surface area (Å²) in [7, 11) is 0. The molecule has 64 valence electrons. The van der Waals surface area contributed by atoms with E-state index in [2.05, 4.69) is 5.27 Å². The molecule has 0 aliphatic heterocycles. The van der Waals surface area contributed by atoms with Gasteiger partial charge in [-0.3, -0.25) is 0 Å². The van der Waals surface area contributed by atoms with E-state index in [1.165, 1.54) is 4.68 Å². The predicted octanol–water partition coefficient (Wildman–Crippen LogP) is 2.02. The van der Waals surface area contributed by atoms with Crippen LogP contribution in [0.2, 0.25) is 0 Å². The van der Waals surface area contributed by atoms with Crippen molar-refractivity contribution in [3.05, 3.63) is 36.5 Å². The lowest BCUT2D eigenvalue weighted by Gasteiger charge is -1.86. The van der Waals surface area contributed by atoms with Crippen molar-refractivity contribution in [1.29, 1.82) is 5.26 Å². The molecule has 0 unspecified atom stereocenters. The minimum atomic E-state index is 0.705. The Morgan fingerprint density at radius 3 is 3.00 bits per heavy atom. The molecular formula is C9H7N3O. The van der Waals surface area contributed by atoms with Gasteiger partial charge in [0.2, 0.25) is 6.19 Å². The summed E-state index contributed by atoms with van der Waals surface area (Å²) in [6.07, 6.45) is 3.49. The molecule has 0 radical (unpaired) electrons. The summed E-state index contributed by atoms with van der Waals surface area (Å²) in [5, 5.41) is 12.0. The summed E-state index contributed by atoms with van der Waals surface area (Å²) >= 11 is 0. The number of aromatic amines is 1. The van der Waals surface area contributed by atoms with E-state index >= 15 is 0 Å². The quantitative estimate of drug-likeness (QED) is 0.662. The second-order valence-corrected chi connectivity index (χ2v) is 2.52. The SMILES string of the molecule is N#Cn1ccc2ccccc2o[nH]1. The molecular weight excluding hydrogens is 166 g/mol. The fourth-order valence-corrected chi connectivity index (χ4v) is 1.05. The number of benzene rings is 1. The summed E-state index contributed by atoms with van der Waals surface area (Å²) in [6, 6.07) is 9.32. The van der Waals surface area contributed by atoms with Crippen molar-refractivity contribution in [2.75, 3.05) is 0 Å². The molecule has 1 aromatic heterocycles. The highest BCUT2D eigenvalue weighted by molar-refractivity contribution is 5.75. The highest BCUT2D eigenvalue weighted by Gasteiger charge is 1.90. The molecule has 0 amide bonds. The van der Waals surface area contributed by atoms with Crippen molar-refractivity contribution in [3.8, 4) is 6.19 Å². The fourth-order valence-electron chi connectivity index (χ4n) is 1.05. The molecule has 0 aliphatic carbocycles. The van der Waals surface area contributed by atoms with Crippen LogP contribution in [-0.4, -0.2) is 9.95 Å². The van der Waals surface area contributed by atoms with Gasteiger partial charge in [-0.05, 0) is 12.1 Å². The number of hydrogen-bond acceptors (Lipinski definition) is 2. The molecule has 13 heavy (non-hydrogen) atoms. The van der Waals surface area contributed by atoms with Crippen LogP contribution in [0.1, 0.15) is 0 Å². The average Bonchev–Trinajstić information content (AvgIpc) is 2.39. The maximum atomic E-state index is 8.58. The zero-order valence-electron chi connectivity index (χ0n) is 6.77. The molecule has 0 saturated carbocycles. The number of nitrogens with one attached hydrogen (secondary N) is 1. The number of nitriles is 1. The second-order valence-electron chi connectivity index (χ2n) is 2.52. The lowest BCUT2D eigenvalue weighted by molar-refractivity contribution is 0.381. The van der Waals surface area contributed by atoms with Crippen LogP contribution in [0.15, 0.2) is 41.1 Å². The second kappa shape index (κ2) is 3.07. The number of fused-ring (bicyclic) bond motifs is 1. The summed E-state index contributed by atoms with van der Waals surface area (Å²) in [5.41, 5.74) is 0.705. The largest absolute Gasteiger partial charge is 0.365 e. The summed E-state index contributed by atoms with van der Waals surface area (Å²) in [5.74, 6) is 0. The normalized spacial score (nSPS) is 9.46. The first kappa shape index (κ1) is 7.50. The average molecular weight is 173 g/mol. The monoisotopic (exact) mass is 173 g/mol. The highest BCUT2D eigenvalue weighted by Crippen LogP contribution is 2.08. The van der Waals surface area contributed by atoms with E-state index in [9.17, 15) is 0 Å². The molecule has 0 spiro atoms. The van der Waals surface area contributed by atoms with Crippen LogP contribution < -0.4 is 0 Å². The number of para-hydroxylation sites is 1. The Labute approximate surface area is 74.3 Å². The number of aromatic nitrogens is 2. The Bertz CT molecular complexity index is 458. The Hall–Kier alpha value is -2.15. The van der Waals surface area contributed by atoms with Gasteiger partial charge in [-0.1, -0.05) is 18.2 Å². The Morgan fingerprint density at radius 2 is 2.15 bits per heavy atom. The number of nitrogens with zero attached hydrogens (tertiary/aromatic N) is 2. The van der Waals surface area contributed by atoms with Gasteiger partial charge in [0.1, 0.15) is 0 Å². The smallest absolute Gasteiger partial charge is 0.206 e. The lowest BCUT2D eigenvalue weighted by atomic mass is 10.2. The zero-order chi connectivity index (χ0) is 9.10. The van der Waals surface area contributed by atoms with Gasteiger partial charge in [-0.15, -0.1) is 5.27 Å². The van der Waals surface area contributed by atoms with Crippen molar-refractivity contribution in [3.63, 3.8) is 0 Å². The van der Waals surface area contributed by atoms with E-state index in [0.29, 0.717) is 5.58 Å². The van der Waals surface area contributed by atoms with Crippen LogP contribution >= 0.6 is 0 Å². The van der Waals surface area contributed by atoms with E-state index in [0.717, 1.165) is 5.39 Å². The molecule has 1 aromatic carbocycles. The lowest BCUT2D eigenvalue weighted by Crippen LogP contribution is -1.88. The maximum absolute atomic E-state index is 8.58. The number of rotatable bonds is 0. The van der Waals surface area contributed by atoms with Gasteiger partial charge in [-0.2, -0.15) is 9.94 Å². The number of hydrogen-bond donors (Lipinski definition) is 1. The fraction of sp³-hybridized carbons (Fsp3) is 0. The minimum Gasteiger partial charge on any atom is -0.365 e. The molecule has 0 atom stereocenters. The van der Waals surface area contributed by atoms with Gasteiger partial charge in [0, 0.05) is 11.6 Å². The topological polar surface area (TPSA) is 57.6 Å². The molecule has 1 heterocycles. The van der Waals surface area contributed by atoms with Crippen molar-refractivity contribution in [1.82, 2.24) is 9.95 Å². The Kier molecular flexibility index (Phi) is 1.77. The van der Waals surface area contributed by atoms with Crippen molar-refractivity contribution in [2.24, 2.45) is 0 Å². The molecule has 0 fully saturated rings. The maximum Gasteiger partial charge on any atom is 0.206 e. The summed E-state index contributed by atoms with van der Waals surface area (Å²) in [6.45, 7) is 0. The molecule has 0 saturated heterocycles. The first-order chi connectivity index (χ1) is 6.40. The first-order valence-electron chi connectivity index (χ1n) is 3.79. The van der Waals surface area contributed by atoms with Crippen LogP contribution in [0.5, 0.6) is 0 Å². The predicted molar refractivity (Wildman–Crippen MR) is 47.2 cm³/mol. The molecule has 0 aliphatic rings. The Balaban J connectivity index is 2.80.